The van der Waals surface area contributed by atoms with Gasteiger partial charge in [-0.2, -0.15) is 0 Å². The van der Waals surface area contributed by atoms with Gasteiger partial charge in [0.05, 0.1) is 0 Å². The molecule has 0 nitrogen and oxygen atoms in total. The van der Waals surface area contributed by atoms with Gasteiger partial charge in [0.1, 0.15) is 0 Å². The summed E-state index contributed by atoms with van der Waals surface area (Å²) in [5.41, 5.74) is 1.36. The highest BCUT2D eigenvalue weighted by Crippen LogP contribution is 2.47. The molecule has 2 unspecified atom stereocenters. The second-order valence-corrected chi connectivity index (χ2v) is 5.72. The summed E-state index contributed by atoms with van der Waals surface area (Å²) in [7, 11) is 0. The van der Waals surface area contributed by atoms with Crippen molar-refractivity contribution in [1.29, 1.82) is 0 Å². The van der Waals surface area contributed by atoms with E-state index in [1.54, 1.807) is 0 Å². The average molecular weight is 257 g/mol. The van der Waals surface area contributed by atoms with Crippen LogP contribution in [0.3, 0.4) is 0 Å². The van der Waals surface area contributed by atoms with Crippen molar-refractivity contribution in [1.82, 2.24) is 0 Å². The molecule has 0 saturated heterocycles. The number of halogens is 2. The van der Waals surface area contributed by atoms with Crippen LogP contribution in [-0.4, -0.2) is 5.38 Å². The Balaban J connectivity index is 2.15. The highest BCUT2D eigenvalue weighted by molar-refractivity contribution is 6.30. The molecule has 16 heavy (non-hydrogen) atoms. The van der Waals surface area contributed by atoms with Gasteiger partial charge in [-0.05, 0) is 42.9 Å². The first-order valence-electron chi connectivity index (χ1n) is 6.12. The van der Waals surface area contributed by atoms with Crippen molar-refractivity contribution in [3.8, 4) is 0 Å². The van der Waals surface area contributed by atoms with Crippen LogP contribution in [0.2, 0.25) is 5.02 Å². The van der Waals surface area contributed by atoms with Crippen LogP contribution in [-0.2, 0) is 0 Å². The summed E-state index contributed by atoms with van der Waals surface area (Å²) in [5, 5.41) is 1.08. The fourth-order valence-corrected chi connectivity index (χ4v) is 3.07. The van der Waals surface area contributed by atoms with Crippen LogP contribution in [0.1, 0.15) is 44.1 Å². The number of hydrogen-bond donors (Lipinski definition) is 0. The standard InChI is InChI=1S/C14H18Cl2/c1-2-3-13(16)14(10-4-5-10)11-6-8-12(15)9-7-11/h6-10,13-14H,2-5H2,1H3. The predicted molar refractivity (Wildman–Crippen MR) is 71.5 cm³/mol. The van der Waals surface area contributed by atoms with E-state index in [1.165, 1.54) is 18.4 Å². The van der Waals surface area contributed by atoms with E-state index in [-0.39, 0.29) is 5.38 Å². The third-order valence-corrected chi connectivity index (χ3v) is 4.08. The molecule has 1 aromatic carbocycles. The minimum absolute atomic E-state index is 0.277. The minimum atomic E-state index is 0.277. The number of alkyl halides is 1. The Morgan fingerprint density at radius 2 is 1.88 bits per heavy atom. The summed E-state index contributed by atoms with van der Waals surface area (Å²) in [6, 6.07) is 8.22. The number of hydrogen-bond acceptors (Lipinski definition) is 0. The van der Waals surface area contributed by atoms with Gasteiger partial charge in [-0.1, -0.05) is 37.1 Å². The van der Waals surface area contributed by atoms with Crippen molar-refractivity contribution < 1.29 is 0 Å². The molecule has 0 radical (unpaired) electrons. The summed E-state index contributed by atoms with van der Waals surface area (Å²) in [6.45, 7) is 2.20. The van der Waals surface area contributed by atoms with Gasteiger partial charge in [-0.3, -0.25) is 0 Å². The third-order valence-electron chi connectivity index (χ3n) is 3.34. The van der Waals surface area contributed by atoms with Gasteiger partial charge in [0.2, 0.25) is 0 Å². The Labute approximate surface area is 108 Å². The first-order valence-corrected chi connectivity index (χ1v) is 6.93. The van der Waals surface area contributed by atoms with E-state index in [4.69, 9.17) is 23.2 Å². The molecule has 1 saturated carbocycles. The molecular weight excluding hydrogens is 239 g/mol. The lowest BCUT2D eigenvalue weighted by Crippen LogP contribution is -2.15. The lowest BCUT2D eigenvalue weighted by molar-refractivity contribution is 0.538. The van der Waals surface area contributed by atoms with Crippen molar-refractivity contribution >= 4 is 23.2 Å². The van der Waals surface area contributed by atoms with Crippen molar-refractivity contribution in [2.24, 2.45) is 5.92 Å². The fourth-order valence-electron chi connectivity index (χ4n) is 2.37. The second kappa shape index (κ2) is 5.42. The fraction of sp³-hybridized carbons (Fsp3) is 0.571. The number of rotatable bonds is 5. The Bertz CT molecular complexity index is 327. The topological polar surface area (TPSA) is 0 Å². The van der Waals surface area contributed by atoms with Gasteiger partial charge in [-0.25, -0.2) is 0 Å². The first kappa shape index (κ1) is 12.3. The lowest BCUT2D eigenvalue weighted by atomic mass is 9.89. The molecule has 1 aromatic rings. The van der Waals surface area contributed by atoms with Gasteiger partial charge in [-0.15, -0.1) is 11.6 Å². The zero-order valence-electron chi connectivity index (χ0n) is 9.63. The third kappa shape index (κ3) is 2.93. The summed E-state index contributed by atoms with van der Waals surface area (Å²) in [6.07, 6.45) is 4.93. The average Bonchev–Trinajstić information content (AvgIpc) is 3.06. The van der Waals surface area contributed by atoms with Gasteiger partial charge >= 0.3 is 0 Å². The molecule has 0 aliphatic heterocycles. The van der Waals surface area contributed by atoms with E-state index >= 15 is 0 Å². The Hall–Kier alpha value is -0.200. The van der Waals surface area contributed by atoms with Gasteiger partial charge < -0.3 is 0 Å². The molecule has 0 spiro atoms. The van der Waals surface area contributed by atoms with Gasteiger partial charge in [0, 0.05) is 16.3 Å². The minimum Gasteiger partial charge on any atom is -0.122 e. The Morgan fingerprint density at radius 3 is 2.38 bits per heavy atom. The molecule has 2 atom stereocenters. The normalized spacial score (nSPS) is 19.4. The SMILES string of the molecule is CCCC(Cl)C(c1ccc(Cl)cc1)C1CC1. The smallest absolute Gasteiger partial charge is 0.0407 e. The van der Waals surface area contributed by atoms with Crippen molar-refractivity contribution in [2.45, 2.75) is 43.9 Å². The van der Waals surface area contributed by atoms with E-state index in [1.807, 2.05) is 12.1 Å². The molecule has 2 heteroatoms. The van der Waals surface area contributed by atoms with E-state index in [0.717, 1.165) is 23.8 Å². The predicted octanol–water partition coefficient (Wildman–Crippen LogP) is 5.24. The summed E-state index contributed by atoms with van der Waals surface area (Å²) < 4.78 is 0. The van der Waals surface area contributed by atoms with Crippen LogP contribution in [0, 0.1) is 5.92 Å². The van der Waals surface area contributed by atoms with E-state index in [2.05, 4.69) is 19.1 Å². The Morgan fingerprint density at radius 1 is 1.25 bits per heavy atom. The first-order chi connectivity index (χ1) is 7.72. The molecule has 0 bridgehead atoms. The van der Waals surface area contributed by atoms with Crippen LogP contribution < -0.4 is 0 Å². The van der Waals surface area contributed by atoms with Crippen molar-refractivity contribution in [2.75, 3.05) is 0 Å². The maximum absolute atomic E-state index is 6.52. The zero-order chi connectivity index (χ0) is 11.5. The Kier molecular flexibility index (Phi) is 4.16. The van der Waals surface area contributed by atoms with E-state index in [0.29, 0.717) is 5.92 Å². The van der Waals surface area contributed by atoms with Crippen LogP contribution in [0.15, 0.2) is 24.3 Å². The van der Waals surface area contributed by atoms with Gasteiger partial charge in [0.25, 0.3) is 0 Å². The molecule has 88 valence electrons. The lowest BCUT2D eigenvalue weighted by Gasteiger charge is -2.22. The van der Waals surface area contributed by atoms with E-state index < -0.39 is 0 Å². The van der Waals surface area contributed by atoms with Crippen molar-refractivity contribution in [3.63, 3.8) is 0 Å². The molecule has 1 aliphatic rings. The van der Waals surface area contributed by atoms with Crippen LogP contribution in [0.5, 0.6) is 0 Å². The van der Waals surface area contributed by atoms with Crippen molar-refractivity contribution in [3.05, 3.63) is 34.9 Å². The van der Waals surface area contributed by atoms with Crippen LogP contribution >= 0.6 is 23.2 Å². The van der Waals surface area contributed by atoms with Gasteiger partial charge in [0.15, 0.2) is 0 Å². The zero-order valence-corrected chi connectivity index (χ0v) is 11.1. The highest BCUT2D eigenvalue weighted by atomic mass is 35.5. The maximum atomic E-state index is 6.52. The molecule has 1 aliphatic carbocycles. The molecular formula is C14H18Cl2. The molecule has 2 rings (SSSR count). The maximum Gasteiger partial charge on any atom is 0.0407 e. The summed E-state index contributed by atoms with van der Waals surface area (Å²) in [4.78, 5) is 0. The highest BCUT2D eigenvalue weighted by Gasteiger charge is 2.36. The second-order valence-electron chi connectivity index (χ2n) is 4.72. The summed E-state index contributed by atoms with van der Waals surface area (Å²) >= 11 is 12.4. The van der Waals surface area contributed by atoms with Crippen LogP contribution in [0.4, 0.5) is 0 Å². The van der Waals surface area contributed by atoms with Crippen LogP contribution in [0.25, 0.3) is 0 Å². The summed E-state index contributed by atoms with van der Waals surface area (Å²) in [5.74, 6) is 1.33. The molecule has 0 heterocycles. The van der Waals surface area contributed by atoms with E-state index in [9.17, 15) is 0 Å². The molecule has 0 N–H and O–H groups in total. The monoisotopic (exact) mass is 256 g/mol. The number of benzene rings is 1. The largest absolute Gasteiger partial charge is 0.122 e. The quantitative estimate of drug-likeness (QED) is 0.632. The molecule has 0 aromatic heterocycles. The molecule has 0 amide bonds. The molecule has 1 fully saturated rings.